The molecule has 0 bridgehead atoms. The predicted octanol–water partition coefficient (Wildman–Crippen LogP) is 2.46. The molecule has 3 nitrogen and oxygen atoms in total. The van der Waals surface area contributed by atoms with E-state index in [0.717, 1.165) is 17.3 Å². The van der Waals surface area contributed by atoms with E-state index in [4.69, 9.17) is 0 Å². The highest BCUT2D eigenvalue weighted by Crippen LogP contribution is 2.27. The van der Waals surface area contributed by atoms with Gasteiger partial charge in [-0.25, -0.2) is 0 Å². The van der Waals surface area contributed by atoms with E-state index in [2.05, 4.69) is 30.7 Å². The van der Waals surface area contributed by atoms with Crippen LogP contribution in [0, 0.1) is 6.92 Å². The molecule has 0 fully saturated rings. The topological polar surface area (TPSA) is 48.9 Å². The van der Waals surface area contributed by atoms with Crippen LogP contribution >= 0.6 is 11.8 Å². The van der Waals surface area contributed by atoms with Gasteiger partial charge in [-0.15, -0.1) is 11.8 Å². The Balaban J connectivity index is 2.56. The highest BCUT2D eigenvalue weighted by Gasteiger charge is 2.12. The van der Waals surface area contributed by atoms with E-state index >= 15 is 0 Å². The van der Waals surface area contributed by atoms with Gasteiger partial charge in [0.2, 0.25) is 5.88 Å². The van der Waals surface area contributed by atoms with Crippen LogP contribution in [0.2, 0.25) is 0 Å². The lowest BCUT2D eigenvalue weighted by Crippen LogP contribution is -2.07. The van der Waals surface area contributed by atoms with E-state index in [1.807, 2.05) is 6.92 Å². The molecule has 0 aliphatic heterocycles. The van der Waals surface area contributed by atoms with E-state index in [-0.39, 0.29) is 10.6 Å². The first-order chi connectivity index (χ1) is 5.88. The molecule has 1 aromatic heterocycles. The van der Waals surface area contributed by atoms with Crippen LogP contribution in [0.4, 0.5) is 0 Å². The molecule has 0 amide bonds. The quantitative estimate of drug-likeness (QED) is 0.771. The van der Waals surface area contributed by atoms with Crippen molar-refractivity contribution in [1.29, 1.82) is 0 Å². The molecule has 0 saturated heterocycles. The van der Waals surface area contributed by atoms with E-state index < -0.39 is 0 Å². The number of hydrogen-bond donors (Lipinski definition) is 2. The number of aromatic amines is 1. The first-order valence-corrected chi connectivity index (χ1v) is 5.25. The fraction of sp³-hybridized carbons (Fsp3) is 0.667. The average molecular weight is 200 g/mol. The zero-order valence-electron chi connectivity index (χ0n) is 8.51. The SMILES string of the molecule is Cc1[nH]c(CSC(C)(C)C)nc1O. The molecule has 0 aliphatic rings. The number of thioether (sulfide) groups is 1. The van der Waals surface area contributed by atoms with Gasteiger partial charge >= 0.3 is 0 Å². The summed E-state index contributed by atoms with van der Waals surface area (Å²) in [6.07, 6.45) is 0. The van der Waals surface area contributed by atoms with E-state index in [1.165, 1.54) is 0 Å². The molecule has 0 aliphatic carbocycles. The maximum Gasteiger partial charge on any atom is 0.232 e. The van der Waals surface area contributed by atoms with Crippen LogP contribution in [0.1, 0.15) is 32.3 Å². The molecule has 0 unspecified atom stereocenters. The fourth-order valence-electron chi connectivity index (χ4n) is 0.865. The summed E-state index contributed by atoms with van der Waals surface area (Å²) in [5.74, 6) is 1.77. The van der Waals surface area contributed by atoms with Gasteiger partial charge in [-0.3, -0.25) is 0 Å². The lowest BCUT2D eigenvalue weighted by molar-refractivity contribution is 0.451. The third-order valence-corrected chi connectivity index (χ3v) is 2.83. The van der Waals surface area contributed by atoms with Crippen molar-refractivity contribution in [1.82, 2.24) is 9.97 Å². The molecule has 1 heterocycles. The maximum absolute atomic E-state index is 9.22. The minimum atomic E-state index is 0.115. The Bertz CT molecular complexity index is 269. The highest BCUT2D eigenvalue weighted by molar-refractivity contribution is 7.99. The monoisotopic (exact) mass is 200 g/mol. The van der Waals surface area contributed by atoms with Crippen molar-refractivity contribution in [2.75, 3.05) is 0 Å². The van der Waals surface area contributed by atoms with Gasteiger partial charge in [0.1, 0.15) is 5.82 Å². The summed E-state index contributed by atoms with van der Waals surface area (Å²) in [6, 6.07) is 0. The summed E-state index contributed by atoms with van der Waals surface area (Å²) in [6.45, 7) is 8.29. The summed E-state index contributed by atoms with van der Waals surface area (Å²) < 4.78 is 0.232. The third kappa shape index (κ3) is 3.30. The van der Waals surface area contributed by atoms with Crippen LogP contribution in [0.25, 0.3) is 0 Å². The number of aromatic nitrogens is 2. The summed E-state index contributed by atoms with van der Waals surface area (Å²) in [5, 5.41) is 9.22. The smallest absolute Gasteiger partial charge is 0.232 e. The largest absolute Gasteiger partial charge is 0.492 e. The van der Waals surface area contributed by atoms with Crippen molar-refractivity contribution in [3.63, 3.8) is 0 Å². The Morgan fingerprint density at radius 2 is 2.08 bits per heavy atom. The van der Waals surface area contributed by atoms with Crippen LogP contribution < -0.4 is 0 Å². The number of aryl methyl sites for hydroxylation is 1. The number of nitrogens with one attached hydrogen (secondary N) is 1. The second-order valence-corrected chi connectivity index (χ2v) is 5.84. The number of hydrogen-bond acceptors (Lipinski definition) is 3. The highest BCUT2D eigenvalue weighted by atomic mass is 32.2. The number of aromatic hydroxyl groups is 1. The van der Waals surface area contributed by atoms with Crippen LogP contribution in [0.3, 0.4) is 0 Å². The van der Waals surface area contributed by atoms with Crippen LogP contribution in [0.5, 0.6) is 5.88 Å². The third-order valence-electron chi connectivity index (χ3n) is 1.55. The lowest BCUT2D eigenvalue weighted by atomic mass is 10.3. The number of H-pyrrole nitrogens is 1. The first-order valence-electron chi connectivity index (χ1n) is 4.27. The van der Waals surface area contributed by atoms with E-state index in [1.54, 1.807) is 11.8 Å². The molecule has 4 heteroatoms. The molecule has 1 aromatic rings. The second-order valence-electron chi connectivity index (χ2n) is 4.03. The van der Waals surface area contributed by atoms with Gasteiger partial charge in [0, 0.05) is 4.75 Å². The van der Waals surface area contributed by atoms with Gasteiger partial charge in [0.15, 0.2) is 0 Å². The Morgan fingerprint density at radius 1 is 1.46 bits per heavy atom. The molecule has 0 atom stereocenters. The molecule has 1 rings (SSSR count). The Hall–Kier alpha value is -0.640. The number of rotatable bonds is 2. The van der Waals surface area contributed by atoms with Crippen molar-refractivity contribution in [3.05, 3.63) is 11.5 Å². The molecular weight excluding hydrogens is 184 g/mol. The molecular formula is C9H16N2OS. The lowest BCUT2D eigenvalue weighted by Gasteiger charge is -2.16. The van der Waals surface area contributed by atoms with Gasteiger partial charge in [-0.2, -0.15) is 4.98 Å². The van der Waals surface area contributed by atoms with Crippen molar-refractivity contribution in [3.8, 4) is 5.88 Å². The minimum Gasteiger partial charge on any atom is -0.492 e. The van der Waals surface area contributed by atoms with E-state index in [9.17, 15) is 5.11 Å². The summed E-state index contributed by atoms with van der Waals surface area (Å²) >= 11 is 1.80. The van der Waals surface area contributed by atoms with Crippen molar-refractivity contribution < 1.29 is 5.11 Å². The summed E-state index contributed by atoms with van der Waals surface area (Å²) in [7, 11) is 0. The molecule has 13 heavy (non-hydrogen) atoms. The average Bonchev–Trinajstić information content (AvgIpc) is 2.27. The zero-order chi connectivity index (χ0) is 10.1. The predicted molar refractivity (Wildman–Crippen MR) is 56.0 cm³/mol. The minimum absolute atomic E-state index is 0.115. The van der Waals surface area contributed by atoms with Crippen molar-refractivity contribution in [2.24, 2.45) is 0 Å². The van der Waals surface area contributed by atoms with E-state index in [0.29, 0.717) is 0 Å². The van der Waals surface area contributed by atoms with Gasteiger partial charge in [0.05, 0.1) is 11.4 Å². The van der Waals surface area contributed by atoms with Crippen molar-refractivity contribution >= 4 is 11.8 Å². The molecule has 2 N–H and O–H groups in total. The van der Waals surface area contributed by atoms with Gasteiger partial charge in [-0.05, 0) is 6.92 Å². The van der Waals surface area contributed by atoms with Crippen LogP contribution in [-0.2, 0) is 5.75 Å². The van der Waals surface area contributed by atoms with Crippen molar-refractivity contribution in [2.45, 2.75) is 38.2 Å². The summed E-state index contributed by atoms with van der Waals surface area (Å²) in [5.41, 5.74) is 0.740. The fourth-order valence-corrected chi connectivity index (χ4v) is 1.57. The number of imidazole rings is 1. The van der Waals surface area contributed by atoms with Gasteiger partial charge < -0.3 is 10.1 Å². The second kappa shape index (κ2) is 3.62. The zero-order valence-corrected chi connectivity index (χ0v) is 9.33. The first kappa shape index (κ1) is 10.4. The summed E-state index contributed by atoms with van der Waals surface area (Å²) in [4.78, 5) is 7.03. The Morgan fingerprint density at radius 3 is 2.46 bits per heavy atom. The standard InChI is InChI=1S/C9H16N2OS/c1-6-8(12)11-7(10-6)5-13-9(2,3)4/h12H,5H2,1-4H3,(H,10,11). The van der Waals surface area contributed by atoms with Crippen LogP contribution in [-0.4, -0.2) is 19.8 Å². The van der Waals surface area contributed by atoms with Crippen LogP contribution in [0.15, 0.2) is 0 Å². The maximum atomic E-state index is 9.22. The number of nitrogens with zero attached hydrogens (tertiary/aromatic N) is 1. The molecule has 0 saturated carbocycles. The van der Waals surface area contributed by atoms with Gasteiger partial charge in [-0.1, -0.05) is 20.8 Å². The molecule has 74 valence electrons. The molecule has 0 radical (unpaired) electrons. The Labute approximate surface area is 83.0 Å². The molecule has 0 spiro atoms. The van der Waals surface area contributed by atoms with Gasteiger partial charge in [0.25, 0.3) is 0 Å². The normalized spacial score (nSPS) is 12.0. The Kier molecular flexibility index (Phi) is 2.91. The molecule has 0 aromatic carbocycles.